The maximum absolute atomic E-state index is 12.5. The Kier molecular flexibility index (Phi) is 3.05. The van der Waals surface area contributed by atoms with Crippen LogP contribution >= 0.6 is 0 Å². The average Bonchev–Trinajstić information content (AvgIpc) is 2.48. The molecule has 1 aliphatic rings. The van der Waals surface area contributed by atoms with Crippen LogP contribution in [-0.4, -0.2) is 12.5 Å². The summed E-state index contributed by atoms with van der Waals surface area (Å²) in [6.07, 6.45) is 0.898. The Morgan fingerprint density at radius 2 is 1.95 bits per heavy atom. The van der Waals surface area contributed by atoms with E-state index in [1.54, 1.807) is 0 Å². The van der Waals surface area contributed by atoms with E-state index in [0.29, 0.717) is 6.54 Å². The molecule has 2 aromatic carbocycles. The van der Waals surface area contributed by atoms with Crippen molar-refractivity contribution in [3.05, 3.63) is 65.2 Å². The number of hydrogen-bond donors (Lipinski definition) is 1. The molecule has 1 heterocycles. The van der Waals surface area contributed by atoms with E-state index < -0.39 is 0 Å². The highest BCUT2D eigenvalue weighted by atomic mass is 16.2. The molecule has 0 fully saturated rings. The lowest BCUT2D eigenvalue weighted by Gasteiger charge is -2.28. The number of carbonyl (C=O) groups is 1. The summed E-state index contributed by atoms with van der Waals surface area (Å²) in [6.45, 7) is 1.22. The Bertz CT molecular complexity index is 622. The van der Waals surface area contributed by atoms with Crippen LogP contribution in [0.2, 0.25) is 0 Å². The highest BCUT2D eigenvalue weighted by molar-refractivity contribution is 6.08. The first-order valence-electron chi connectivity index (χ1n) is 6.48. The lowest BCUT2D eigenvalue weighted by molar-refractivity contribution is 0.0980. The molecule has 96 valence electrons. The third-order valence-electron chi connectivity index (χ3n) is 3.56. The molecule has 0 saturated heterocycles. The third kappa shape index (κ3) is 2.13. The summed E-state index contributed by atoms with van der Waals surface area (Å²) < 4.78 is 0. The van der Waals surface area contributed by atoms with E-state index >= 15 is 0 Å². The normalized spacial score (nSPS) is 14.4. The molecule has 3 nitrogen and oxygen atoms in total. The summed E-state index contributed by atoms with van der Waals surface area (Å²) in [6, 6.07) is 15.7. The standard InChI is InChI=1S/C16H16N2O/c17-11-12-4-3-6-14(10-12)18-9-8-13-5-1-2-7-15(13)16(18)19/h1-7,10H,8-9,11,17H2. The first kappa shape index (κ1) is 11.9. The monoisotopic (exact) mass is 252 g/mol. The smallest absolute Gasteiger partial charge is 0.258 e. The van der Waals surface area contributed by atoms with Gasteiger partial charge in [-0.15, -0.1) is 0 Å². The molecule has 0 bridgehead atoms. The van der Waals surface area contributed by atoms with E-state index in [9.17, 15) is 4.79 Å². The largest absolute Gasteiger partial charge is 0.326 e. The Morgan fingerprint density at radius 1 is 1.11 bits per heavy atom. The maximum Gasteiger partial charge on any atom is 0.258 e. The zero-order valence-electron chi connectivity index (χ0n) is 10.7. The predicted octanol–water partition coefficient (Wildman–Crippen LogP) is 2.35. The molecule has 0 aliphatic carbocycles. The number of anilines is 1. The van der Waals surface area contributed by atoms with E-state index in [1.165, 1.54) is 0 Å². The molecule has 3 rings (SSSR count). The van der Waals surface area contributed by atoms with Gasteiger partial charge in [-0.2, -0.15) is 0 Å². The van der Waals surface area contributed by atoms with Crippen LogP contribution in [0.5, 0.6) is 0 Å². The summed E-state index contributed by atoms with van der Waals surface area (Å²) in [5, 5.41) is 0. The van der Waals surface area contributed by atoms with Crippen molar-refractivity contribution in [2.75, 3.05) is 11.4 Å². The van der Waals surface area contributed by atoms with E-state index in [0.717, 1.165) is 35.3 Å². The fourth-order valence-corrected chi connectivity index (χ4v) is 2.52. The molecular weight excluding hydrogens is 236 g/mol. The molecule has 19 heavy (non-hydrogen) atoms. The topological polar surface area (TPSA) is 46.3 Å². The minimum Gasteiger partial charge on any atom is -0.326 e. The second-order valence-electron chi connectivity index (χ2n) is 4.74. The van der Waals surface area contributed by atoms with Gasteiger partial charge in [0.1, 0.15) is 0 Å². The number of rotatable bonds is 2. The number of nitrogens with two attached hydrogens (primary N) is 1. The Balaban J connectivity index is 1.97. The summed E-state index contributed by atoms with van der Waals surface area (Å²) in [5.74, 6) is 0.0796. The predicted molar refractivity (Wildman–Crippen MR) is 76.2 cm³/mol. The lowest BCUT2D eigenvalue weighted by atomic mass is 9.98. The molecular formula is C16H16N2O. The van der Waals surface area contributed by atoms with Crippen molar-refractivity contribution in [2.45, 2.75) is 13.0 Å². The molecule has 0 aromatic heterocycles. The minimum atomic E-state index is 0.0796. The average molecular weight is 252 g/mol. The van der Waals surface area contributed by atoms with Crippen LogP contribution in [0.1, 0.15) is 21.5 Å². The van der Waals surface area contributed by atoms with Gasteiger partial charge in [-0.25, -0.2) is 0 Å². The molecule has 1 amide bonds. The molecule has 0 spiro atoms. The van der Waals surface area contributed by atoms with E-state index in [4.69, 9.17) is 5.73 Å². The number of fused-ring (bicyclic) bond motifs is 1. The summed E-state index contributed by atoms with van der Waals surface area (Å²) in [4.78, 5) is 14.3. The van der Waals surface area contributed by atoms with Crippen LogP contribution in [0, 0.1) is 0 Å². The minimum absolute atomic E-state index is 0.0796. The van der Waals surface area contributed by atoms with Crippen LogP contribution in [0.15, 0.2) is 48.5 Å². The molecule has 0 radical (unpaired) electrons. The number of nitrogens with zero attached hydrogens (tertiary/aromatic N) is 1. The second kappa shape index (κ2) is 4.86. The number of benzene rings is 2. The van der Waals surface area contributed by atoms with E-state index in [-0.39, 0.29) is 5.91 Å². The Morgan fingerprint density at radius 3 is 2.79 bits per heavy atom. The number of carbonyl (C=O) groups excluding carboxylic acids is 1. The van der Waals surface area contributed by atoms with Crippen LogP contribution in [0.25, 0.3) is 0 Å². The second-order valence-corrected chi connectivity index (χ2v) is 4.74. The lowest BCUT2D eigenvalue weighted by Crippen LogP contribution is -2.37. The first-order chi connectivity index (χ1) is 9.29. The van der Waals surface area contributed by atoms with Gasteiger partial charge < -0.3 is 10.6 Å². The quantitative estimate of drug-likeness (QED) is 0.891. The third-order valence-corrected chi connectivity index (χ3v) is 3.56. The molecule has 3 heteroatoms. The van der Waals surface area contributed by atoms with Crippen molar-refractivity contribution in [3.8, 4) is 0 Å². The van der Waals surface area contributed by atoms with Crippen molar-refractivity contribution in [1.82, 2.24) is 0 Å². The summed E-state index contributed by atoms with van der Waals surface area (Å²) in [5.41, 5.74) is 9.58. The van der Waals surface area contributed by atoms with Gasteiger partial charge >= 0.3 is 0 Å². The Labute approximate surface area is 112 Å². The maximum atomic E-state index is 12.5. The number of hydrogen-bond acceptors (Lipinski definition) is 2. The highest BCUT2D eigenvalue weighted by Gasteiger charge is 2.24. The van der Waals surface area contributed by atoms with Crippen molar-refractivity contribution in [3.63, 3.8) is 0 Å². The van der Waals surface area contributed by atoms with Crippen LogP contribution < -0.4 is 10.6 Å². The van der Waals surface area contributed by atoms with Crippen LogP contribution in [0.4, 0.5) is 5.69 Å². The summed E-state index contributed by atoms with van der Waals surface area (Å²) >= 11 is 0. The van der Waals surface area contributed by atoms with E-state index in [1.807, 2.05) is 53.4 Å². The molecule has 2 N–H and O–H groups in total. The van der Waals surface area contributed by atoms with Crippen molar-refractivity contribution in [1.29, 1.82) is 0 Å². The molecule has 0 atom stereocenters. The van der Waals surface area contributed by atoms with Gasteiger partial charge in [0.2, 0.25) is 0 Å². The Hall–Kier alpha value is -2.13. The van der Waals surface area contributed by atoms with Crippen molar-refractivity contribution in [2.24, 2.45) is 5.73 Å². The SMILES string of the molecule is NCc1cccc(N2CCc3ccccc3C2=O)c1. The van der Waals surface area contributed by atoms with E-state index in [2.05, 4.69) is 0 Å². The van der Waals surface area contributed by atoms with Crippen molar-refractivity contribution >= 4 is 11.6 Å². The summed E-state index contributed by atoms with van der Waals surface area (Å²) in [7, 11) is 0. The van der Waals surface area contributed by atoms with Crippen LogP contribution in [-0.2, 0) is 13.0 Å². The molecule has 0 saturated carbocycles. The highest BCUT2D eigenvalue weighted by Crippen LogP contribution is 2.24. The van der Waals surface area contributed by atoms with Crippen molar-refractivity contribution < 1.29 is 4.79 Å². The van der Waals surface area contributed by atoms with Gasteiger partial charge in [0.05, 0.1) is 0 Å². The zero-order chi connectivity index (χ0) is 13.2. The van der Waals surface area contributed by atoms with Crippen LogP contribution in [0.3, 0.4) is 0 Å². The fourth-order valence-electron chi connectivity index (χ4n) is 2.52. The number of amides is 1. The first-order valence-corrected chi connectivity index (χ1v) is 6.48. The van der Waals surface area contributed by atoms with Gasteiger partial charge in [-0.05, 0) is 35.7 Å². The molecule has 0 unspecified atom stereocenters. The molecule has 2 aromatic rings. The molecule has 1 aliphatic heterocycles. The van der Waals surface area contributed by atoms with Gasteiger partial charge in [-0.1, -0.05) is 30.3 Å². The fraction of sp³-hybridized carbons (Fsp3) is 0.188. The van der Waals surface area contributed by atoms with Gasteiger partial charge in [0, 0.05) is 24.3 Å². The van der Waals surface area contributed by atoms with Gasteiger partial charge in [-0.3, -0.25) is 4.79 Å². The van der Waals surface area contributed by atoms with Gasteiger partial charge in [0.15, 0.2) is 0 Å². The van der Waals surface area contributed by atoms with Gasteiger partial charge in [0.25, 0.3) is 5.91 Å². The zero-order valence-corrected chi connectivity index (χ0v) is 10.7.